The molecule has 1 aromatic carbocycles. The fourth-order valence-corrected chi connectivity index (χ4v) is 2.28. The zero-order valence-corrected chi connectivity index (χ0v) is 10.8. The van der Waals surface area contributed by atoms with E-state index >= 15 is 0 Å². The molecule has 0 amide bonds. The molecule has 1 atom stereocenters. The second-order valence-electron chi connectivity index (χ2n) is 5.31. The lowest BCUT2D eigenvalue weighted by Crippen LogP contribution is -2.29. The Morgan fingerprint density at radius 1 is 1.29 bits per heavy atom. The third kappa shape index (κ3) is 3.83. The molecule has 0 radical (unpaired) electrons. The number of nitrogens with one attached hydrogen (secondary N) is 1. The maximum absolute atomic E-state index is 6.15. The molecule has 17 heavy (non-hydrogen) atoms. The predicted octanol–water partition coefficient (Wildman–Crippen LogP) is 2.77. The van der Waals surface area contributed by atoms with Crippen molar-refractivity contribution in [3.05, 3.63) is 35.4 Å². The third-order valence-corrected chi connectivity index (χ3v) is 3.82. The second-order valence-corrected chi connectivity index (χ2v) is 5.31. The molecule has 0 heterocycles. The van der Waals surface area contributed by atoms with Crippen LogP contribution in [0, 0.1) is 12.8 Å². The van der Waals surface area contributed by atoms with Crippen molar-refractivity contribution in [2.75, 3.05) is 13.1 Å². The standard InChI is InChI=1S/C15H24N2/c1-12-5-7-14(8-6-12)15(16)11-17-10-9-13-3-2-4-13/h5-8,13,15,17H,2-4,9-11,16H2,1H3. The van der Waals surface area contributed by atoms with Crippen molar-refractivity contribution in [1.82, 2.24) is 5.32 Å². The van der Waals surface area contributed by atoms with E-state index in [1.807, 2.05) is 0 Å². The van der Waals surface area contributed by atoms with Gasteiger partial charge in [0.1, 0.15) is 0 Å². The van der Waals surface area contributed by atoms with E-state index in [-0.39, 0.29) is 6.04 Å². The summed E-state index contributed by atoms with van der Waals surface area (Å²) < 4.78 is 0. The molecule has 0 bridgehead atoms. The molecule has 2 heteroatoms. The van der Waals surface area contributed by atoms with Gasteiger partial charge in [-0.1, -0.05) is 49.1 Å². The number of benzene rings is 1. The highest BCUT2D eigenvalue weighted by molar-refractivity contribution is 5.23. The molecule has 1 unspecified atom stereocenters. The van der Waals surface area contributed by atoms with Crippen LogP contribution >= 0.6 is 0 Å². The lowest BCUT2D eigenvalue weighted by molar-refractivity contribution is 0.291. The first kappa shape index (κ1) is 12.6. The Labute approximate surface area is 105 Å². The number of rotatable bonds is 6. The van der Waals surface area contributed by atoms with Gasteiger partial charge in [0, 0.05) is 12.6 Å². The van der Waals surface area contributed by atoms with Gasteiger partial charge < -0.3 is 11.1 Å². The summed E-state index contributed by atoms with van der Waals surface area (Å²) in [6, 6.07) is 8.64. The first-order valence-corrected chi connectivity index (χ1v) is 6.78. The summed E-state index contributed by atoms with van der Waals surface area (Å²) in [5.74, 6) is 0.984. The summed E-state index contributed by atoms with van der Waals surface area (Å²) >= 11 is 0. The molecule has 1 aliphatic carbocycles. The van der Waals surface area contributed by atoms with E-state index in [0.717, 1.165) is 19.0 Å². The van der Waals surface area contributed by atoms with Crippen molar-refractivity contribution in [2.24, 2.45) is 11.7 Å². The van der Waals surface area contributed by atoms with Crippen LogP contribution in [0.5, 0.6) is 0 Å². The van der Waals surface area contributed by atoms with E-state index < -0.39 is 0 Å². The molecule has 1 saturated carbocycles. The molecule has 2 rings (SSSR count). The van der Waals surface area contributed by atoms with Gasteiger partial charge in [0.05, 0.1) is 0 Å². The Kier molecular flexibility index (Phi) is 4.57. The maximum atomic E-state index is 6.15. The van der Waals surface area contributed by atoms with Gasteiger partial charge in [0.15, 0.2) is 0 Å². The molecule has 0 spiro atoms. The van der Waals surface area contributed by atoms with Gasteiger partial charge in [-0.05, 0) is 31.4 Å². The average molecular weight is 232 g/mol. The van der Waals surface area contributed by atoms with Crippen molar-refractivity contribution in [1.29, 1.82) is 0 Å². The molecule has 1 aliphatic rings. The highest BCUT2D eigenvalue weighted by atomic mass is 14.9. The summed E-state index contributed by atoms with van der Waals surface area (Å²) in [7, 11) is 0. The van der Waals surface area contributed by atoms with Crippen LogP contribution in [0.1, 0.15) is 42.9 Å². The zero-order chi connectivity index (χ0) is 12.1. The molecule has 2 nitrogen and oxygen atoms in total. The minimum absolute atomic E-state index is 0.122. The monoisotopic (exact) mass is 232 g/mol. The summed E-state index contributed by atoms with van der Waals surface area (Å²) in [6.45, 7) is 4.10. The van der Waals surface area contributed by atoms with Gasteiger partial charge in [0.2, 0.25) is 0 Å². The molecule has 94 valence electrons. The van der Waals surface area contributed by atoms with Crippen LogP contribution in [0.25, 0.3) is 0 Å². The molecule has 1 aromatic rings. The third-order valence-electron chi connectivity index (χ3n) is 3.82. The number of nitrogens with two attached hydrogens (primary N) is 1. The fraction of sp³-hybridized carbons (Fsp3) is 0.600. The highest BCUT2D eigenvalue weighted by Gasteiger charge is 2.16. The van der Waals surface area contributed by atoms with Crippen LogP contribution in [0.4, 0.5) is 0 Å². The van der Waals surface area contributed by atoms with Gasteiger partial charge in [0.25, 0.3) is 0 Å². The molecule has 0 aromatic heterocycles. The highest BCUT2D eigenvalue weighted by Crippen LogP contribution is 2.28. The summed E-state index contributed by atoms with van der Waals surface area (Å²) in [4.78, 5) is 0. The van der Waals surface area contributed by atoms with E-state index in [9.17, 15) is 0 Å². The first-order valence-electron chi connectivity index (χ1n) is 6.78. The van der Waals surface area contributed by atoms with E-state index in [0.29, 0.717) is 0 Å². The molecule has 1 fully saturated rings. The maximum Gasteiger partial charge on any atom is 0.0421 e. The number of aryl methyl sites for hydroxylation is 1. The molecule has 3 N–H and O–H groups in total. The Balaban J connectivity index is 1.65. The SMILES string of the molecule is Cc1ccc(C(N)CNCCC2CCC2)cc1. The van der Waals surface area contributed by atoms with E-state index in [1.54, 1.807) is 0 Å². The lowest BCUT2D eigenvalue weighted by Gasteiger charge is -2.25. The Bertz CT molecular complexity index is 327. The summed E-state index contributed by atoms with van der Waals surface area (Å²) in [5, 5.41) is 3.47. The van der Waals surface area contributed by atoms with Gasteiger partial charge in [-0.2, -0.15) is 0 Å². The number of hydrogen-bond donors (Lipinski definition) is 2. The van der Waals surface area contributed by atoms with Crippen LogP contribution in [-0.4, -0.2) is 13.1 Å². The van der Waals surface area contributed by atoms with Crippen molar-refractivity contribution >= 4 is 0 Å². The van der Waals surface area contributed by atoms with E-state index in [1.165, 1.54) is 36.8 Å². The van der Waals surface area contributed by atoms with Crippen LogP contribution in [0.3, 0.4) is 0 Å². The van der Waals surface area contributed by atoms with Crippen LogP contribution in [0.15, 0.2) is 24.3 Å². The van der Waals surface area contributed by atoms with Crippen molar-refractivity contribution in [3.8, 4) is 0 Å². The largest absolute Gasteiger partial charge is 0.323 e. The van der Waals surface area contributed by atoms with Crippen molar-refractivity contribution in [2.45, 2.75) is 38.6 Å². The quantitative estimate of drug-likeness (QED) is 0.740. The van der Waals surface area contributed by atoms with Gasteiger partial charge >= 0.3 is 0 Å². The minimum atomic E-state index is 0.122. The van der Waals surface area contributed by atoms with Crippen molar-refractivity contribution in [3.63, 3.8) is 0 Å². The fourth-order valence-electron chi connectivity index (χ4n) is 2.28. The summed E-state index contributed by atoms with van der Waals surface area (Å²) in [5.41, 5.74) is 8.67. The predicted molar refractivity (Wildman–Crippen MR) is 72.9 cm³/mol. The average Bonchev–Trinajstić information content (AvgIpc) is 2.27. The minimum Gasteiger partial charge on any atom is -0.323 e. The van der Waals surface area contributed by atoms with Gasteiger partial charge in [-0.25, -0.2) is 0 Å². The number of hydrogen-bond acceptors (Lipinski definition) is 2. The lowest BCUT2D eigenvalue weighted by atomic mass is 9.83. The van der Waals surface area contributed by atoms with Crippen LogP contribution < -0.4 is 11.1 Å². The van der Waals surface area contributed by atoms with Gasteiger partial charge in [-0.3, -0.25) is 0 Å². The second kappa shape index (κ2) is 6.18. The van der Waals surface area contributed by atoms with E-state index in [2.05, 4.69) is 36.5 Å². The van der Waals surface area contributed by atoms with E-state index in [4.69, 9.17) is 5.73 Å². The van der Waals surface area contributed by atoms with Crippen LogP contribution in [0.2, 0.25) is 0 Å². The van der Waals surface area contributed by atoms with Gasteiger partial charge in [-0.15, -0.1) is 0 Å². The topological polar surface area (TPSA) is 38.0 Å². The smallest absolute Gasteiger partial charge is 0.0421 e. The Hall–Kier alpha value is -0.860. The summed E-state index contributed by atoms with van der Waals surface area (Å²) in [6.07, 6.45) is 5.63. The molecule has 0 saturated heterocycles. The normalized spacial score (nSPS) is 17.8. The Morgan fingerprint density at radius 3 is 2.59 bits per heavy atom. The Morgan fingerprint density at radius 2 is 2.00 bits per heavy atom. The molecule has 0 aliphatic heterocycles. The van der Waals surface area contributed by atoms with Crippen molar-refractivity contribution < 1.29 is 0 Å². The van der Waals surface area contributed by atoms with Crippen LogP contribution in [-0.2, 0) is 0 Å². The first-order chi connectivity index (χ1) is 8.25. The molecular formula is C15H24N2. The zero-order valence-electron chi connectivity index (χ0n) is 10.8. The molecular weight excluding hydrogens is 208 g/mol.